The Morgan fingerprint density at radius 1 is 1.20 bits per heavy atom. The molecule has 0 aliphatic heterocycles. The molecule has 2 aromatic carbocycles. The van der Waals surface area contributed by atoms with Crippen molar-refractivity contribution in [3.05, 3.63) is 47.8 Å². The van der Waals surface area contributed by atoms with Crippen LogP contribution in [-0.4, -0.2) is 35.1 Å². The summed E-state index contributed by atoms with van der Waals surface area (Å²) in [5.74, 6) is -0.449. The Balaban J connectivity index is 2.05. The van der Waals surface area contributed by atoms with Crippen molar-refractivity contribution < 1.29 is 14.3 Å². The lowest BCUT2D eigenvalue weighted by atomic mass is 10.0. The third kappa shape index (κ3) is 2.27. The van der Waals surface area contributed by atoms with Crippen LogP contribution in [0.1, 0.15) is 23.2 Å². The number of benzene rings is 2. The molecule has 3 nitrogen and oxygen atoms in total. The highest BCUT2D eigenvalue weighted by molar-refractivity contribution is 6.07. The van der Waals surface area contributed by atoms with Gasteiger partial charge in [0.1, 0.15) is 5.82 Å². The molecule has 0 unspecified atom stereocenters. The van der Waals surface area contributed by atoms with Crippen molar-refractivity contribution in [3.8, 4) is 0 Å². The van der Waals surface area contributed by atoms with E-state index in [4.69, 9.17) is 5.11 Å². The molecule has 1 fully saturated rings. The molecule has 2 aromatic rings. The lowest BCUT2D eigenvalue weighted by Gasteiger charge is -2.22. The molecule has 0 aromatic heterocycles. The average Bonchev–Trinajstić information content (AvgIpc) is 3.29. The quantitative estimate of drug-likeness (QED) is 0.930. The second-order valence-electron chi connectivity index (χ2n) is 5.09. The van der Waals surface area contributed by atoms with Crippen molar-refractivity contribution in [2.24, 2.45) is 0 Å². The van der Waals surface area contributed by atoms with Crippen molar-refractivity contribution in [3.63, 3.8) is 0 Å². The van der Waals surface area contributed by atoms with Gasteiger partial charge in [0.25, 0.3) is 5.91 Å². The van der Waals surface area contributed by atoms with Crippen molar-refractivity contribution >= 4 is 16.7 Å². The van der Waals surface area contributed by atoms with E-state index < -0.39 is 0 Å². The average molecular weight is 273 g/mol. The zero-order valence-corrected chi connectivity index (χ0v) is 11.1. The fourth-order valence-corrected chi connectivity index (χ4v) is 2.55. The number of aliphatic hydroxyl groups excluding tert-OH is 1. The van der Waals surface area contributed by atoms with Crippen LogP contribution in [0.5, 0.6) is 0 Å². The van der Waals surface area contributed by atoms with E-state index >= 15 is 0 Å². The van der Waals surface area contributed by atoms with Crippen molar-refractivity contribution in [1.82, 2.24) is 4.90 Å². The van der Waals surface area contributed by atoms with Crippen LogP contribution in [0.25, 0.3) is 10.8 Å². The Hall–Kier alpha value is -1.94. The zero-order valence-electron chi connectivity index (χ0n) is 11.1. The van der Waals surface area contributed by atoms with E-state index in [9.17, 15) is 9.18 Å². The van der Waals surface area contributed by atoms with Crippen LogP contribution in [0, 0.1) is 5.82 Å². The minimum Gasteiger partial charge on any atom is -0.395 e. The van der Waals surface area contributed by atoms with Gasteiger partial charge < -0.3 is 10.0 Å². The number of carbonyl (C=O) groups is 1. The molecule has 0 bridgehead atoms. The summed E-state index contributed by atoms with van der Waals surface area (Å²) < 4.78 is 13.8. The Bertz CT molecular complexity index is 652. The van der Waals surface area contributed by atoms with Crippen molar-refractivity contribution in [2.45, 2.75) is 18.9 Å². The summed E-state index contributed by atoms with van der Waals surface area (Å²) >= 11 is 0. The molecule has 20 heavy (non-hydrogen) atoms. The van der Waals surface area contributed by atoms with Gasteiger partial charge in [-0.25, -0.2) is 4.39 Å². The Kier molecular flexibility index (Phi) is 3.40. The molecule has 1 N–H and O–H groups in total. The molecule has 1 amide bonds. The van der Waals surface area contributed by atoms with E-state index in [2.05, 4.69) is 0 Å². The molecule has 104 valence electrons. The molecule has 1 saturated carbocycles. The molecule has 0 atom stereocenters. The van der Waals surface area contributed by atoms with Crippen LogP contribution < -0.4 is 0 Å². The van der Waals surface area contributed by atoms with Gasteiger partial charge in [-0.15, -0.1) is 0 Å². The van der Waals surface area contributed by atoms with Crippen LogP contribution in [-0.2, 0) is 0 Å². The molecule has 0 spiro atoms. The van der Waals surface area contributed by atoms with E-state index in [-0.39, 0.29) is 24.4 Å². The summed E-state index contributed by atoms with van der Waals surface area (Å²) in [6, 6.07) is 10.1. The van der Waals surface area contributed by atoms with Crippen LogP contribution in [0.2, 0.25) is 0 Å². The molecule has 1 aliphatic carbocycles. The zero-order chi connectivity index (χ0) is 14.1. The summed E-state index contributed by atoms with van der Waals surface area (Å²) in [6.07, 6.45) is 1.95. The third-order valence-electron chi connectivity index (χ3n) is 3.69. The molecule has 0 saturated heterocycles. The van der Waals surface area contributed by atoms with Crippen LogP contribution in [0.4, 0.5) is 4.39 Å². The van der Waals surface area contributed by atoms with Gasteiger partial charge in [0, 0.05) is 23.5 Å². The van der Waals surface area contributed by atoms with E-state index in [0.29, 0.717) is 22.9 Å². The highest BCUT2D eigenvalue weighted by Crippen LogP contribution is 2.30. The number of nitrogens with zero attached hydrogens (tertiary/aromatic N) is 1. The number of fused-ring (bicyclic) bond motifs is 1. The Morgan fingerprint density at radius 2 is 1.90 bits per heavy atom. The van der Waals surface area contributed by atoms with Gasteiger partial charge in [-0.1, -0.05) is 24.3 Å². The Morgan fingerprint density at radius 3 is 2.55 bits per heavy atom. The summed E-state index contributed by atoms with van der Waals surface area (Å²) in [7, 11) is 0. The van der Waals surface area contributed by atoms with Crippen LogP contribution >= 0.6 is 0 Å². The fourth-order valence-electron chi connectivity index (χ4n) is 2.55. The maximum Gasteiger partial charge on any atom is 0.254 e. The first-order valence-corrected chi connectivity index (χ1v) is 6.81. The summed E-state index contributed by atoms with van der Waals surface area (Å²) in [4.78, 5) is 14.3. The SMILES string of the molecule is O=C(c1ccc(F)c2ccccc12)N(CCO)C1CC1. The van der Waals surface area contributed by atoms with Crippen LogP contribution in [0.15, 0.2) is 36.4 Å². The third-order valence-corrected chi connectivity index (χ3v) is 3.69. The van der Waals surface area contributed by atoms with E-state index in [1.807, 2.05) is 0 Å². The van der Waals surface area contributed by atoms with E-state index in [1.165, 1.54) is 12.1 Å². The Labute approximate surface area is 116 Å². The molecule has 0 heterocycles. The van der Waals surface area contributed by atoms with Gasteiger partial charge in [-0.05, 0) is 30.4 Å². The highest BCUT2D eigenvalue weighted by atomic mass is 19.1. The monoisotopic (exact) mass is 273 g/mol. The standard InChI is InChI=1S/C16H16FNO2/c17-15-8-7-14(12-3-1-2-4-13(12)15)16(20)18(9-10-19)11-5-6-11/h1-4,7-8,11,19H,5-6,9-10H2. The lowest BCUT2D eigenvalue weighted by Crippen LogP contribution is -2.35. The maximum absolute atomic E-state index is 13.8. The van der Waals surface area contributed by atoms with Crippen molar-refractivity contribution in [1.29, 1.82) is 0 Å². The predicted molar refractivity (Wildman–Crippen MR) is 75.1 cm³/mol. The number of amides is 1. The number of halogens is 1. The van der Waals surface area contributed by atoms with Gasteiger partial charge in [0.2, 0.25) is 0 Å². The fraction of sp³-hybridized carbons (Fsp3) is 0.312. The van der Waals surface area contributed by atoms with E-state index in [1.54, 1.807) is 29.2 Å². The first-order valence-electron chi connectivity index (χ1n) is 6.81. The first-order chi connectivity index (χ1) is 9.72. The number of hydrogen-bond donors (Lipinski definition) is 1. The topological polar surface area (TPSA) is 40.5 Å². The molecule has 4 heteroatoms. The second kappa shape index (κ2) is 5.21. The highest BCUT2D eigenvalue weighted by Gasteiger charge is 2.33. The second-order valence-corrected chi connectivity index (χ2v) is 5.09. The minimum atomic E-state index is -0.322. The molecule has 1 aliphatic rings. The molecule has 0 radical (unpaired) electrons. The molecular weight excluding hydrogens is 257 g/mol. The molecular formula is C16H16FNO2. The smallest absolute Gasteiger partial charge is 0.254 e. The van der Waals surface area contributed by atoms with E-state index in [0.717, 1.165) is 12.8 Å². The first kappa shape index (κ1) is 13.1. The van der Waals surface area contributed by atoms with Crippen LogP contribution in [0.3, 0.4) is 0 Å². The number of rotatable bonds is 4. The summed E-state index contributed by atoms with van der Waals surface area (Å²) in [5, 5.41) is 10.2. The number of carbonyl (C=O) groups excluding carboxylic acids is 1. The van der Waals surface area contributed by atoms with Gasteiger partial charge in [0.05, 0.1) is 6.61 Å². The largest absolute Gasteiger partial charge is 0.395 e. The minimum absolute atomic E-state index is 0.0542. The summed E-state index contributed by atoms with van der Waals surface area (Å²) in [5.41, 5.74) is 0.502. The van der Waals surface area contributed by atoms with Gasteiger partial charge in [-0.2, -0.15) is 0 Å². The molecule has 3 rings (SSSR count). The maximum atomic E-state index is 13.8. The van der Waals surface area contributed by atoms with Crippen molar-refractivity contribution in [2.75, 3.05) is 13.2 Å². The number of aliphatic hydroxyl groups is 1. The predicted octanol–water partition coefficient (Wildman–Crippen LogP) is 2.58. The normalized spacial score (nSPS) is 14.5. The van der Waals surface area contributed by atoms with Gasteiger partial charge in [0.15, 0.2) is 0 Å². The summed E-state index contributed by atoms with van der Waals surface area (Å²) in [6.45, 7) is 0.274. The number of hydrogen-bond acceptors (Lipinski definition) is 2. The van der Waals surface area contributed by atoms with Gasteiger partial charge >= 0.3 is 0 Å². The lowest BCUT2D eigenvalue weighted by molar-refractivity contribution is 0.0709. The van der Waals surface area contributed by atoms with Gasteiger partial charge in [-0.3, -0.25) is 4.79 Å².